The molecule has 2 rings (SSSR count). The van der Waals surface area contributed by atoms with Gasteiger partial charge in [-0.05, 0) is 19.8 Å². The molecular formula is C9H15N3O. The number of hydrogen-bond donors (Lipinski definition) is 1. The number of imidazole rings is 1. The Morgan fingerprint density at radius 1 is 1.62 bits per heavy atom. The molecule has 0 aliphatic carbocycles. The van der Waals surface area contributed by atoms with E-state index >= 15 is 0 Å². The predicted octanol–water partition coefficient (Wildman–Crippen LogP) is 1.17. The topological polar surface area (TPSA) is 53.1 Å². The zero-order chi connectivity index (χ0) is 9.26. The Labute approximate surface area is 77.7 Å². The molecule has 0 saturated heterocycles. The lowest BCUT2D eigenvalue weighted by molar-refractivity contribution is 0.0636. The third kappa shape index (κ3) is 1.59. The highest BCUT2D eigenvalue weighted by Crippen LogP contribution is 2.19. The molecule has 0 spiro atoms. The van der Waals surface area contributed by atoms with Crippen molar-refractivity contribution in [3.63, 3.8) is 0 Å². The molecule has 0 bridgehead atoms. The third-order valence-corrected chi connectivity index (χ3v) is 2.55. The maximum Gasteiger partial charge on any atom is 0.119 e. The lowest BCUT2D eigenvalue weighted by atomic mass is 10.2. The van der Waals surface area contributed by atoms with Crippen molar-refractivity contribution >= 4 is 0 Å². The standard InChI is InChI=1S/C9H15N3O/c1-7(13-10)8-6-12-5-3-2-4-9(12)11-8/h6-7H,2-5,10H2,1H3. The van der Waals surface area contributed by atoms with Gasteiger partial charge in [-0.25, -0.2) is 10.9 Å². The maximum atomic E-state index is 5.11. The molecule has 1 unspecified atom stereocenters. The Bertz CT molecular complexity index is 272. The quantitative estimate of drug-likeness (QED) is 0.697. The highest BCUT2D eigenvalue weighted by molar-refractivity contribution is 5.08. The van der Waals surface area contributed by atoms with E-state index in [0.29, 0.717) is 0 Å². The second-order valence-corrected chi connectivity index (χ2v) is 3.51. The Hall–Kier alpha value is -0.870. The van der Waals surface area contributed by atoms with E-state index in [1.165, 1.54) is 18.7 Å². The second kappa shape index (κ2) is 3.47. The molecule has 1 aromatic heterocycles. The summed E-state index contributed by atoms with van der Waals surface area (Å²) in [5, 5.41) is 0. The van der Waals surface area contributed by atoms with Crippen molar-refractivity contribution < 1.29 is 4.84 Å². The number of nitrogens with two attached hydrogens (primary N) is 1. The first-order valence-corrected chi connectivity index (χ1v) is 4.72. The number of aryl methyl sites for hydroxylation is 2. The Balaban J connectivity index is 2.25. The minimum Gasteiger partial charge on any atom is -0.335 e. The maximum absolute atomic E-state index is 5.11. The summed E-state index contributed by atoms with van der Waals surface area (Å²) in [5.74, 6) is 6.28. The SMILES string of the molecule is CC(ON)c1cn2c(n1)CCCC2. The summed E-state index contributed by atoms with van der Waals surface area (Å²) < 4.78 is 2.20. The summed E-state index contributed by atoms with van der Waals surface area (Å²) in [5.41, 5.74) is 0.944. The average molecular weight is 181 g/mol. The molecule has 2 heterocycles. The summed E-state index contributed by atoms with van der Waals surface area (Å²) in [4.78, 5) is 9.22. The zero-order valence-electron chi connectivity index (χ0n) is 7.86. The first-order chi connectivity index (χ1) is 6.31. The van der Waals surface area contributed by atoms with Crippen molar-refractivity contribution in [2.45, 2.75) is 38.8 Å². The van der Waals surface area contributed by atoms with Crippen LogP contribution in [-0.4, -0.2) is 9.55 Å². The number of rotatable bonds is 2. The van der Waals surface area contributed by atoms with Gasteiger partial charge < -0.3 is 4.57 Å². The van der Waals surface area contributed by atoms with E-state index in [-0.39, 0.29) is 6.10 Å². The van der Waals surface area contributed by atoms with Crippen molar-refractivity contribution in [3.8, 4) is 0 Å². The van der Waals surface area contributed by atoms with E-state index in [4.69, 9.17) is 10.7 Å². The molecule has 1 aromatic rings. The van der Waals surface area contributed by atoms with E-state index in [1.807, 2.05) is 13.1 Å². The highest BCUT2D eigenvalue weighted by Gasteiger charge is 2.15. The van der Waals surface area contributed by atoms with Crippen molar-refractivity contribution in [1.82, 2.24) is 9.55 Å². The van der Waals surface area contributed by atoms with Gasteiger partial charge in [-0.2, -0.15) is 0 Å². The second-order valence-electron chi connectivity index (χ2n) is 3.51. The van der Waals surface area contributed by atoms with Crippen LogP contribution in [0.25, 0.3) is 0 Å². The van der Waals surface area contributed by atoms with Crippen molar-refractivity contribution in [1.29, 1.82) is 0 Å². The molecule has 0 amide bonds. The molecule has 0 aromatic carbocycles. The lowest BCUT2D eigenvalue weighted by Crippen LogP contribution is -2.08. The van der Waals surface area contributed by atoms with Gasteiger partial charge in [0.25, 0.3) is 0 Å². The van der Waals surface area contributed by atoms with Crippen LogP contribution in [0, 0.1) is 0 Å². The first kappa shape index (κ1) is 8.72. The highest BCUT2D eigenvalue weighted by atomic mass is 16.6. The molecule has 0 saturated carbocycles. The minimum atomic E-state index is -0.0990. The van der Waals surface area contributed by atoms with E-state index in [1.54, 1.807) is 0 Å². The van der Waals surface area contributed by atoms with Gasteiger partial charge in [0, 0.05) is 19.2 Å². The lowest BCUT2D eigenvalue weighted by Gasteiger charge is -2.11. The Morgan fingerprint density at radius 2 is 2.46 bits per heavy atom. The minimum absolute atomic E-state index is 0.0990. The predicted molar refractivity (Wildman–Crippen MR) is 48.9 cm³/mol. The van der Waals surface area contributed by atoms with Crippen LogP contribution in [0.4, 0.5) is 0 Å². The first-order valence-electron chi connectivity index (χ1n) is 4.72. The summed E-state index contributed by atoms with van der Waals surface area (Å²) in [6, 6.07) is 0. The van der Waals surface area contributed by atoms with Crippen LogP contribution in [-0.2, 0) is 17.8 Å². The normalized spacial score (nSPS) is 18.3. The number of fused-ring (bicyclic) bond motifs is 1. The van der Waals surface area contributed by atoms with Crippen molar-refractivity contribution in [2.75, 3.05) is 0 Å². The molecule has 72 valence electrons. The zero-order valence-corrected chi connectivity index (χ0v) is 7.86. The van der Waals surface area contributed by atoms with Gasteiger partial charge in [-0.3, -0.25) is 4.84 Å². The van der Waals surface area contributed by atoms with E-state index in [2.05, 4.69) is 9.55 Å². The van der Waals surface area contributed by atoms with Crippen LogP contribution in [0.15, 0.2) is 6.20 Å². The molecule has 2 N–H and O–H groups in total. The van der Waals surface area contributed by atoms with E-state index < -0.39 is 0 Å². The fourth-order valence-corrected chi connectivity index (χ4v) is 1.70. The monoisotopic (exact) mass is 181 g/mol. The summed E-state index contributed by atoms with van der Waals surface area (Å²) in [6.07, 6.45) is 5.52. The molecule has 4 nitrogen and oxygen atoms in total. The molecule has 0 fully saturated rings. The van der Waals surface area contributed by atoms with Crippen LogP contribution >= 0.6 is 0 Å². The molecule has 4 heteroatoms. The van der Waals surface area contributed by atoms with Gasteiger partial charge in [0.05, 0.1) is 5.69 Å². The van der Waals surface area contributed by atoms with Gasteiger partial charge in [-0.15, -0.1) is 0 Å². The van der Waals surface area contributed by atoms with Crippen LogP contribution in [0.2, 0.25) is 0 Å². The van der Waals surface area contributed by atoms with Gasteiger partial charge in [-0.1, -0.05) is 0 Å². The summed E-state index contributed by atoms with van der Waals surface area (Å²) >= 11 is 0. The summed E-state index contributed by atoms with van der Waals surface area (Å²) in [7, 11) is 0. The molecule has 13 heavy (non-hydrogen) atoms. The molecular weight excluding hydrogens is 166 g/mol. The van der Waals surface area contributed by atoms with Gasteiger partial charge in [0.1, 0.15) is 11.9 Å². The third-order valence-electron chi connectivity index (χ3n) is 2.55. The number of nitrogens with zero attached hydrogens (tertiary/aromatic N) is 2. The molecule has 1 atom stereocenters. The van der Waals surface area contributed by atoms with Gasteiger partial charge >= 0.3 is 0 Å². The fraction of sp³-hybridized carbons (Fsp3) is 0.667. The van der Waals surface area contributed by atoms with Gasteiger partial charge in [0.2, 0.25) is 0 Å². The molecule has 0 radical (unpaired) electrons. The van der Waals surface area contributed by atoms with Crippen LogP contribution in [0.3, 0.4) is 0 Å². The molecule has 1 aliphatic heterocycles. The number of aromatic nitrogens is 2. The smallest absolute Gasteiger partial charge is 0.119 e. The summed E-state index contributed by atoms with van der Waals surface area (Å²) in [6.45, 7) is 2.99. The fourth-order valence-electron chi connectivity index (χ4n) is 1.70. The van der Waals surface area contributed by atoms with Gasteiger partial charge in [0.15, 0.2) is 0 Å². The van der Waals surface area contributed by atoms with Crippen molar-refractivity contribution in [3.05, 3.63) is 17.7 Å². The van der Waals surface area contributed by atoms with Crippen LogP contribution < -0.4 is 5.90 Å². The van der Waals surface area contributed by atoms with Crippen LogP contribution in [0.5, 0.6) is 0 Å². The average Bonchev–Trinajstić information content (AvgIpc) is 2.59. The molecule has 1 aliphatic rings. The van der Waals surface area contributed by atoms with E-state index in [9.17, 15) is 0 Å². The number of hydrogen-bond acceptors (Lipinski definition) is 3. The Morgan fingerprint density at radius 3 is 3.15 bits per heavy atom. The Kier molecular flexibility index (Phi) is 2.33. The van der Waals surface area contributed by atoms with Crippen LogP contribution in [0.1, 0.15) is 37.4 Å². The largest absolute Gasteiger partial charge is 0.335 e. The van der Waals surface area contributed by atoms with E-state index in [0.717, 1.165) is 18.7 Å². The van der Waals surface area contributed by atoms with Crippen molar-refractivity contribution in [2.24, 2.45) is 5.90 Å².